The minimum atomic E-state index is -0.223. The standard InChI is InChI=1S/C10H10N2O3/c1-6(13)11-8-4-7-2-3-15-10(7)5-9(8)12-14/h4-5H,2-3H2,1H3,(H,11,13). The molecule has 0 saturated heterocycles. The maximum atomic E-state index is 10.9. The molecule has 15 heavy (non-hydrogen) atoms. The van der Waals surface area contributed by atoms with Crippen molar-refractivity contribution in [2.24, 2.45) is 5.18 Å². The van der Waals surface area contributed by atoms with Crippen LogP contribution in [0.15, 0.2) is 17.3 Å². The topological polar surface area (TPSA) is 67.8 Å². The fourth-order valence-electron chi connectivity index (χ4n) is 1.58. The summed E-state index contributed by atoms with van der Waals surface area (Å²) >= 11 is 0. The minimum absolute atomic E-state index is 0.200. The Morgan fingerprint density at radius 2 is 2.33 bits per heavy atom. The van der Waals surface area contributed by atoms with E-state index in [1.54, 1.807) is 12.1 Å². The van der Waals surface area contributed by atoms with Gasteiger partial charge in [0.1, 0.15) is 11.4 Å². The lowest BCUT2D eigenvalue weighted by atomic mass is 10.1. The Bertz CT molecular complexity index is 429. The van der Waals surface area contributed by atoms with Gasteiger partial charge in [-0.2, -0.15) is 0 Å². The molecular formula is C10H10N2O3. The van der Waals surface area contributed by atoms with Crippen molar-refractivity contribution in [3.05, 3.63) is 22.6 Å². The van der Waals surface area contributed by atoms with Crippen molar-refractivity contribution in [1.29, 1.82) is 0 Å². The van der Waals surface area contributed by atoms with E-state index in [4.69, 9.17) is 4.74 Å². The number of carbonyl (C=O) groups is 1. The molecule has 0 spiro atoms. The smallest absolute Gasteiger partial charge is 0.221 e. The maximum absolute atomic E-state index is 10.9. The molecule has 0 aromatic heterocycles. The van der Waals surface area contributed by atoms with E-state index in [0.717, 1.165) is 12.0 Å². The number of benzene rings is 1. The maximum Gasteiger partial charge on any atom is 0.221 e. The third kappa shape index (κ3) is 1.81. The van der Waals surface area contributed by atoms with Crippen LogP contribution in [0.1, 0.15) is 12.5 Å². The van der Waals surface area contributed by atoms with Crippen molar-refractivity contribution in [1.82, 2.24) is 0 Å². The summed E-state index contributed by atoms with van der Waals surface area (Å²) in [6.07, 6.45) is 0.793. The first-order valence-electron chi connectivity index (χ1n) is 4.61. The van der Waals surface area contributed by atoms with E-state index in [-0.39, 0.29) is 11.6 Å². The predicted molar refractivity (Wildman–Crippen MR) is 55.4 cm³/mol. The zero-order chi connectivity index (χ0) is 10.8. The van der Waals surface area contributed by atoms with Crippen molar-refractivity contribution in [3.8, 4) is 5.75 Å². The van der Waals surface area contributed by atoms with E-state index in [1.165, 1.54) is 6.92 Å². The van der Waals surface area contributed by atoms with Gasteiger partial charge in [0.05, 0.1) is 12.3 Å². The van der Waals surface area contributed by atoms with Gasteiger partial charge in [0.25, 0.3) is 0 Å². The molecular weight excluding hydrogens is 196 g/mol. The number of rotatable bonds is 2. The van der Waals surface area contributed by atoms with Gasteiger partial charge < -0.3 is 10.1 Å². The molecule has 1 aromatic carbocycles. The fraction of sp³-hybridized carbons (Fsp3) is 0.300. The van der Waals surface area contributed by atoms with Crippen LogP contribution in [0.5, 0.6) is 5.75 Å². The highest BCUT2D eigenvalue weighted by Gasteiger charge is 2.16. The van der Waals surface area contributed by atoms with Gasteiger partial charge in [0, 0.05) is 19.4 Å². The molecule has 0 aliphatic carbocycles. The monoisotopic (exact) mass is 206 g/mol. The van der Waals surface area contributed by atoms with Gasteiger partial charge in [-0.3, -0.25) is 4.79 Å². The number of fused-ring (bicyclic) bond motifs is 1. The molecule has 78 valence electrons. The van der Waals surface area contributed by atoms with Gasteiger partial charge in [0.15, 0.2) is 0 Å². The Balaban J connectivity index is 2.43. The van der Waals surface area contributed by atoms with Crippen molar-refractivity contribution in [2.45, 2.75) is 13.3 Å². The van der Waals surface area contributed by atoms with E-state index in [2.05, 4.69) is 10.5 Å². The van der Waals surface area contributed by atoms with Crippen LogP contribution >= 0.6 is 0 Å². The van der Waals surface area contributed by atoms with Crippen LogP contribution in [-0.2, 0) is 11.2 Å². The lowest BCUT2D eigenvalue weighted by Gasteiger charge is -2.06. The number of ether oxygens (including phenoxy) is 1. The number of hydrogen-bond donors (Lipinski definition) is 1. The molecule has 1 aliphatic rings. The van der Waals surface area contributed by atoms with Crippen LogP contribution < -0.4 is 10.1 Å². The Kier molecular flexibility index (Phi) is 2.37. The number of hydrogen-bond acceptors (Lipinski definition) is 4. The first-order valence-corrected chi connectivity index (χ1v) is 4.61. The number of amides is 1. The lowest BCUT2D eigenvalue weighted by Crippen LogP contribution is -2.06. The van der Waals surface area contributed by atoms with Crippen LogP contribution in [0.4, 0.5) is 11.4 Å². The molecule has 2 rings (SSSR count). The predicted octanol–water partition coefficient (Wildman–Crippen LogP) is 1.98. The van der Waals surface area contributed by atoms with Crippen LogP contribution in [-0.4, -0.2) is 12.5 Å². The Hall–Kier alpha value is -1.91. The van der Waals surface area contributed by atoms with Crippen molar-refractivity contribution in [2.75, 3.05) is 11.9 Å². The molecule has 5 nitrogen and oxygen atoms in total. The third-order valence-electron chi connectivity index (χ3n) is 2.22. The third-order valence-corrected chi connectivity index (χ3v) is 2.22. The number of nitroso groups, excluding NO2 is 1. The molecule has 1 aliphatic heterocycles. The molecule has 0 atom stereocenters. The average molecular weight is 206 g/mol. The first-order chi connectivity index (χ1) is 7.20. The summed E-state index contributed by atoms with van der Waals surface area (Å²) in [5.41, 5.74) is 1.64. The molecule has 1 amide bonds. The second-order valence-electron chi connectivity index (χ2n) is 3.35. The van der Waals surface area contributed by atoms with E-state index < -0.39 is 0 Å². The first kappa shape index (κ1) is 9.64. The normalized spacial score (nSPS) is 12.9. The van der Waals surface area contributed by atoms with Gasteiger partial charge in [-0.1, -0.05) is 0 Å². The van der Waals surface area contributed by atoms with Crippen LogP contribution in [0.3, 0.4) is 0 Å². The Morgan fingerprint density at radius 1 is 1.53 bits per heavy atom. The second kappa shape index (κ2) is 3.68. The van der Waals surface area contributed by atoms with Crippen LogP contribution in [0.2, 0.25) is 0 Å². The zero-order valence-corrected chi connectivity index (χ0v) is 8.24. The summed E-state index contributed by atoms with van der Waals surface area (Å²) in [6, 6.07) is 3.29. The molecule has 0 bridgehead atoms. The van der Waals surface area contributed by atoms with E-state index in [9.17, 15) is 9.70 Å². The van der Waals surface area contributed by atoms with Gasteiger partial charge in [-0.05, 0) is 16.8 Å². The summed E-state index contributed by atoms with van der Waals surface area (Å²) < 4.78 is 5.29. The van der Waals surface area contributed by atoms with Crippen molar-refractivity contribution in [3.63, 3.8) is 0 Å². The molecule has 1 aromatic rings. The molecule has 0 unspecified atom stereocenters. The highest BCUT2D eigenvalue weighted by atomic mass is 16.5. The van der Waals surface area contributed by atoms with E-state index in [0.29, 0.717) is 18.0 Å². The van der Waals surface area contributed by atoms with Crippen molar-refractivity contribution >= 4 is 17.3 Å². The average Bonchev–Trinajstić information content (AvgIpc) is 2.62. The van der Waals surface area contributed by atoms with Gasteiger partial charge in [-0.15, -0.1) is 4.91 Å². The molecule has 5 heteroatoms. The van der Waals surface area contributed by atoms with Crippen molar-refractivity contribution < 1.29 is 9.53 Å². The molecule has 1 N–H and O–H groups in total. The fourth-order valence-corrected chi connectivity index (χ4v) is 1.58. The number of nitrogens with zero attached hydrogens (tertiary/aromatic N) is 1. The van der Waals surface area contributed by atoms with Gasteiger partial charge >= 0.3 is 0 Å². The number of carbonyl (C=O) groups excluding carboxylic acids is 1. The second-order valence-corrected chi connectivity index (χ2v) is 3.35. The summed E-state index contributed by atoms with van der Waals surface area (Å²) in [5, 5.41) is 5.42. The van der Waals surface area contributed by atoms with Gasteiger partial charge in [0.2, 0.25) is 5.91 Å². The number of nitrogens with one attached hydrogen (secondary N) is 1. The summed E-state index contributed by atoms with van der Waals surface area (Å²) in [6.45, 7) is 2.00. The quantitative estimate of drug-likeness (QED) is 0.752. The molecule has 1 heterocycles. The zero-order valence-electron chi connectivity index (χ0n) is 8.24. The van der Waals surface area contributed by atoms with Gasteiger partial charge in [-0.25, -0.2) is 0 Å². The largest absolute Gasteiger partial charge is 0.493 e. The summed E-state index contributed by atoms with van der Waals surface area (Å²) in [5.74, 6) is 0.456. The molecule has 0 fully saturated rings. The lowest BCUT2D eigenvalue weighted by molar-refractivity contribution is -0.114. The summed E-state index contributed by atoms with van der Waals surface area (Å²) in [4.78, 5) is 21.4. The number of anilines is 1. The summed E-state index contributed by atoms with van der Waals surface area (Å²) in [7, 11) is 0. The van der Waals surface area contributed by atoms with E-state index in [1.807, 2.05) is 0 Å². The SMILES string of the molecule is CC(=O)Nc1cc2c(cc1N=O)OCC2. The Morgan fingerprint density at radius 3 is 3.00 bits per heavy atom. The van der Waals surface area contributed by atoms with Crippen LogP contribution in [0.25, 0.3) is 0 Å². The van der Waals surface area contributed by atoms with Crippen LogP contribution in [0, 0.1) is 4.91 Å². The van der Waals surface area contributed by atoms with E-state index >= 15 is 0 Å². The highest BCUT2D eigenvalue weighted by Crippen LogP contribution is 2.36. The minimum Gasteiger partial charge on any atom is -0.493 e. The molecule has 0 saturated carbocycles. The Labute approximate surface area is 86.4 Å². The highest BCUT2D eigenvalue weighted by molar-refractivity contribution is 5.92. The molecule has 0 radical (unpaired) electrons.